The molecular weight excluding hydrogens is 330 g/mol. The first kappa shape index (κ1) is 14.2. The number of nitrogens with one attached hydrogen (secondary N) is 1. The lowest BCUT2D eigenvalue weighted by Gasteiger charge is -2.28. The average molecular weight is 338 g/mol. The minimum absolute atomic E-state index is 0.00328. The number of carbonyl (C=O) groups is 1. The van der Waals surface area contributed by atoms with Gasteiger partial charge in [0.1, 0.15) is 21.4 Å². The maximum Gasteiger partial charge on any atom is 0.239 e. The number of benzene rings is 1. The molecule has 2 heterocycles. The van der Waals surface area contributed by atoms with Crippen molar-refractivity contribution in [1.82, 2.24) is 5.32 Å². The van der Waals surface area contributed by atoms with Crippen LogP contribution in [0, 0.1) is 11.3 Å². The molecular formula is C13H8ClN3O2S2. The third kappa shape index (κ3) is 2.35. The van der Waals surface area contributed by atoms with Crippen molar-refractivity contribution in [1.29, 1.82) is 5.26 Å². The monoisotopic (exact) mass is 337 g/mol. The Labute approximate surface area is 135 Å². The van der Waals surface area contributed by atoms with Crippen LogP contribution in [0.5, 0.6) is 5.75 Å². The summed E-state index contributed by atoms with van der Waals surface area (Å²) in [6, 6.07) is 7.04. The van der Waals surface area contributed by atoms with Crippen LogP contribution in [0.1, 0.15) is 11.5 Å². The molecule has 0 aromatic heterocycles. The van der Waals surface area contributed by atoms with Crippen LogP contribution < -0.4 is 15.8 Å². The molecule has 1 amide bonds. The van der Waals surface area contributed by atoms with Crippen molar-refractivity contribution >= 4 is 45.8 Å². The fourth-order valence-electron chi connectivity index (χ4n) is 2.37. The van der Waals surface area contributed by atoms with Gasteiger partial charge in [0.2, 0.25) is 11.8 Å². The molecule has 2 aliphatic heterocycles. The van der Waals surface area contributed by atoms with Crippen molar-refractivity contribution in [2.75, 3.05) is 0 Å². The van der Waals surface area contributed by atoms with Gasteiger partial charge in [-0.25, -0.2) is 0 Å². The van der Waals surface area contributed by atoms with E-state index in [0.29, 0.717) is 20.7 Å². The molecule has 3 N–H and O–H groups in total. The summed E-state index contributed by atoms with van der Waals surface area (Å²) in [6.07, 6.45) is 0. The minimum Gasteiger partial charge on any atom is -0.440 e. The Hall–Kier alpha value is -1.75. The second-order valence-corrected chi connectivity index (χ2v) is 6.72. The Balaban J connectivity index is 2.16. The summed E-state index contributed by atoms with van der Waals surface area (Å²) < 4.78 is 5.83. The summed E-state index contributed by atoms with van der Waals surface area (Å²) in [4.78, 5) is 12.1. The number of thioether (sulfide) groups is 1. The lowest BCUT2D eigenvalue weighted by atomic mass is 9.86. The normalized spacial score (nSPS) is 24.2. The summed E-state index contributed by atoms with van der Waals surface area (Å²) in [6.45, 7) is 0. The lowest BCUT2D eigenvalue weighted by molar-refractivity contribution is -0.119. The van der Waals surface area contributed by atoms with Crippen LogP contribution >= 0.6 is 35.6 Å². The third-order valence-electron chi connectivity index (χ3n) is 3.24. The number of fused-ring (bicyclic) bond motifs is 1. The maximum atomic E-state index is 12.1. The van der Waals surface area contributed by atoms with Gasteiger partial charge in [-0.2, -0.15) is 5.26 Å². The van der Waals surface area contributed by atoms with Crippen molar-refractivity contribution in [3.8, 4) is 11.8 Å². The van der Waals surface area contributed by atoms with Gasteiger partial charge in [0.15, 0.2) is 0 Å². The van der Waals surface area contributed by atoms with Gasteiger partial charge >= 0.3 is 0 Å². The van der Waals surface area contributed by atoms with E-state index in [1.54, 1.807) is 18.2 Å². The minimum atomic E-state index is -0.563. The molecule has 2 atom stereocenters. The van der Waals surface area contributed by atoms with E-state index in [9.17, 15) is 10.1 Å². The van der Waals surface area contributed by atoms with Crippen molar-refractivity contribution in [2.24, 2.45) is 5.73 Å². The predicted octanol–water partition coefficient (Wildman–Crippen LogP) is 2.03. The SMILES string of the molecule is N#CC1=C(N)Oc2ccc(Cl)cc2C1C1SC(=S)NC1=O. The molecule has 0 aliphatic carbocycles. The largest absolute Gasteiger partial charge is 0.440 e. The second kappa shape index (κ2) is 5.22. The number of nitrogens with zero attached hydrogens (tertiary/aromatic N) is 1. The summed E-state index contributed by atoms with van der Waals surface area (Å²) in [5.74, 6) is -0.290. The molecule has 0 radical (unpaired) electrons. The highest BCUT2D eigenvalue weighted by Crippen LogP contribution is 2.45. The second-order valence-electron chi connectivity index (χ2n) is 4.47. The van der Waals surface area contributed by atoms with E-state index in [1.165, 1.54) is 11.8 Å². The van der Waals surface area contributed by atoms with E-state index in [1.807, 2.05) is 6.07 Å². The number of nitrogens with two attached hydrogens (primary N) is 1. The van der Waals surface area contributed by atoms with Gasteiger partial charge in [-0.15, -0.1) is 0 Å². The number of carbonyl (C=O) groups excluding carboxylic acids is 1. The summed E-state index contributed by atoms with van der Waals surface area (Å²) >= 11 is 12.2. The first-order chi connectivity index (χ1) is 10.0. The zero-order valence-corrected chi connectivity index (χ0v) is 12.8. The Morgan fingerprint density at radius 2 is 2.29 bits per heavy atom. The molecule has 8 heteroatoms. The van der Waals surface area contributed by atoms with Gasteiger partial charge in [0.05, 0.1) is 5.57 Å². The fourth-order valence-corrected chi connectivity index (χ4v) is 3.93. The number of hydrogen-bond donors (Lipinski definition) is 2. The molecule has 1 aromatic carbocycles. The summed E-state index contributed by atoms with van der Waals surface area (Å²) in [5.41, 5.74) is 6.68. The molecule has 21 heavy (non-hydrogen) atoms. The first-order valence-corrected chi connectivity index (χ1v) is 7.56. The summed E-state index contributed by atoms with van der Waals surface area (Å²) in [7, 11) is 0. The van der Waals surface area contributed by atoms with Gasteiger partial charge in [-0.1, -0.05) is 35.6 Å². The van der Waals surface area contributed by atoms with Crippen LogP contribution in [0.3, 0.4) is 0 Å². The number of allylic oxidation sites excluding steroid dienone is 1. The van der Waals surface area contributed by atoms with Crippen LogP contribution in [-0.2, 0) is 4.79 Å². The molecule has 1 aromatic rings. The highest BCUT2D eigenvalue weighted by Gasteiger charge is 2.43. The Bertz CT molecular complexity index is 741. The molecule has 1 fully saturated rings. The Morgan fingerprint density at radius 1 is 1.52 bits per heavy atom. The van der Waals surface area contributed by atoms with Gasteiger partial charge in [0, 0.05) is 16.5 Å². The first-order valence-electron chi connectivity index (χ1n) is 5.89. The quantitative estimate of drug-likeness (QED) is 0.762. The van der Waals surface area contributed by atoms with Crippen molar-refractivity contribution in [2.45, 2.75) is 11.2 Å². The zero-order valence-electron chi connectivity index (χ0n) is 10.4. The lowest BCUT2D eigenvalue weighted by Crippen LogP contribution is -2.32. The number of amides is 1. The molecule has 0 spiro atoms. The molecule has 2 unspecified atom stereocenters. The smallest absolute Gasteiger partial charge is 0.239 e. The van der Waals surface area contributed by atoms with Crippen molar-refractivity contribution in [3.05, 3.63) is 40.2 Å². The van der Waals surface area contributed by atoms with Crippen LogP contribution in [-0.4, -0.2) is 15.5 Å². The predicted molar refractivity (Wildman–Crippen MR) is 83.8 cm³/mol. The molecule has 1 saturated heterocycles. The van der Waals surface area contributed by atoms with E-state index in [2.05, 4.69) is 5.32 Å². The number of nitriles is 1. The van der Waals surface area contributed by atoms with Crippen LogP contribution in [0.4, 0.5) is 0 Å². The number of thiocarbonyl (C=S) groups is 1. The van der Waals surface area contributed by atoms with Crippen LogP contribution in [0.15, 0.2) is 29.7 Å². The Morgan fingerprint density at radius 3 is 2.90 bits per heavy atom. The van der Waals surface area contributed by atoms with Gasteiger partial charge < -0.3 is 15.8 Å². The van der Waals surface area contributed by atoms with Crippen LogP contribution in [0.2, 0.25) is 5.02 Å². The van der Waals surface area contributed by atoms with Crippen molar-refractivity contribution in [3.63, 3.8) is 0 Å². The molecule has 0 bridgehead atoms. The van der Waals surface area contributed by atoms with E-state index in [-0.39, 0.29) is 17.4 Å². The van der Waals surface area contributed by atoms with Crippen LogP contribution in [0.25, 0.3) is 0 Å². The van der Waals surface area contributed by atoms with Gasteiger partial charge in [-0.05, 0) is 18.2 Å². The van der Waals surface area contributed by atoms with E-state index < -0.39 is 11.2 Å². The fraction of sp³-hybridized carbons (Fsp3) is 0.154. The maximum absolute atomic E-state index is 12.1. The topological polar surface area (TPSA) is 88.1 Å². The van der Waals surface area contributed by atoms with Gasteiger partial charge in [-0.3, -0.25) is 4.79 Å². The molecule has 0 saturated carbocycles. The van der Waals surface area contributed by atoms with Crippen molar-refractivity contribution < 1.29 is 9.53 Å². The summed E-state index contributed by atoms with van der Waals surface area (Å²) in [5, 5.41) is 11.9. The standard InChI is InChI=1S/C13H8ClN3O2S2/c14-5-1-2-8-6(3-5)9(7(4-15)11(16)19-8)10-12(18)17-13(20)21-10/h1-3,9-10H,16H2,(H,17,18,20). The zero-order chi connectivity index (χ0) is 15.1. The number of rotatable bonds is 1. The number of halogens is 1. The number of hydrogen-bond acceptors (Lipinski definition) is 6. The highest BCUT2D eigenvalue weighted by atomic mass is 35.5. The highest BCUT2D eigenvalue weighted by molar-refractivity contribution is 8.24. The van der Waals surface area contributed by atoms with E-state index >= 15 is 0 Å². The molecule has 2 aliphatic rings. The van der Waals surface area contributed by atoms with E-state index in [4.69, 9.17) is 34.3 Å². The Kier molecular flexibility index (Phi) is 3.53. The van der Waals surface area contributed by atoms with E-state index in [0.717, 1.165) is 0 Å². The average Bonchev–Trinajstić information content (AvgIpc) is 2.76. The van der Waals surface area contributed by atoms with Gasteiger partial charge in [0.25, 0.3) is 0 Å². The number of ether oxygens (including phenoxy) is 1. The molecule has 5 nitrogen and oxygen atoms in total. The third-order valence-corrected chi connectivity index (χ3v) is 4.93. The molecule has 3 rings (SSSR count). The molecule has 106 valence electrons.